The summed E-state index contributed by atoms with van der Waals surface area (Å²) in [6.07, 6.45) is 3.00. The molecule has 0 aliphatic heterocycles. The highest BCUT2D eigenvalue weighted by molar-refractivity contribution is 6.23. The van der Waals surface area contributed by atoms with Crippen LogP contribution < -0.4 is 10.6 Å². The summed E-state index contributed by atoms with van der Waals surface area (Å²) < 4.78 is 5.19. The van der Waals surface area contributed by atoms with E-state index in [1.807, 2.05) is 57.2 Å². The number of rotatable bonds is 4. The lowest BCUT2D eigenvalue weighted by Gasteiger charge is -2.20. The first-order valence-electron chi connectivity index (χ1n) is 8.34. The van der Waals surface area contributed by atoms with Crippen LogP contribution in [0.5, 0.6) is 0 Å². The van der Waals surface area contributed by atoms with Crippen LogP contribution in [0.15, 0.2) is 36.4 Å². The topological polar surface area (TPSA) is 67.4 Å². The monoisotopic (exact) mass is 338 g/mol. The standard InChI is InChI=1S/C20H22N2O3/c1-20(2,3)25-19(24)22-12-11-21-15-9-7-13-5-4-6-14-8-10-16(23)18(15)17(13)14/h4-10,21H,11-12H2,1-3H3,(H,22,24). The van der Waals surface area contributed by atoms with Crippen LogP contribution in [0.4, 0.5) is 10.5 Å². The Bertz CT molecular complexity index is 863. The lowest BCUT2D eigenvalue weighted by molar-refractivity contribution is 0.0530. The summed E-state index contributed by atoms with van der Waals surface area (Å²) in [5.41, 5.74) is 1.99. The molecule has 2 N–H and O–H groups in total. The van der Waals surface area contributed by atoms with Gasteiger partial charge in [-0.05, 0) is 43.9 Å². The Balaban J connectivity index is 1.70. The second-order valence-corrected chi connectivity index (χ2v) is 6.99. The van der Waals surface area contributed by atoms with Crippen molar-refractivity contribution in [3.63, 3.8) is 0 Å². The van der Waals surface area contributed by atoms with Crippen molar-refractivity contribution in [1.82, 2.24) is 5.32 Å². The molecule has 5 nitrogen and oxygen atoms in total. The summed E-state index contributed by atoms with van der Waals surface area (Å²) in [5, 5.41) is 7.96. The zero-order valence-corrected chi connectivity index (χ0v) is 14.7. The Morgan fingerprint density at radius 3 is 2.64 bits per heavy atom. The van der Waals surface area contributed by atoms with E-state index in [0.717, 1.165) is 22.0 Å². The minimum Gasteiger partial charge on any atom is -0.444 e. The highest BCUT2D eigenvalue weighted by atomic mass is 16.6. The zero-order valence-electron chi connectivity index (χ0n) is 14.7. The first kappa shape index (κ1) is 17.0. The Hall–Kier alpha value is -2.82. The van der Waals surface area contributed by atoms with E-state index >= 15 is 0 Å². The van der Waals surface area contributed by atoms with Crippen molar-refractivity contribution in [3.8, 4) is 0 Å². The smallest absolute Gasteiger partial charge is 0.407 e. The van der Waals surface area contributed by atoms with Crippen LogP contribution in [-0.4, -0.2) is 30.6 Å². The van der Waals surface area contributed by atoms with Crippen molar-refractivity contribution < 1.29 is 14.3 Å². The van der Waals surface area contributed by atoms with Gasteiger partial charge in [0, 0.05) is 24.2 Å². The van der Waals surface area contributed by atoms with Crippen LogP contribution in [0.25, 0.3) is 16.8 Å². The Morgan fingerprint density at radius 2 is 1.88 bits per heavy atom. The molecule has 0 saturated heterocycles. The molecule has 2 aromatic rings. The van der Waals surface area contributed by atoms with E-state index in [2.05, 4.69) is 10.6 Å². The molecule has 0 atom stereocenters. The fraction of sp³-hybridized carbons (Fsp3) is 0.300. The molecular weight excluding hydrogens is 316 g/mol. The number of benzene rings is 2. The molecule has 0 unspecified atom stereocenters. The molecule has 0 aromatic heterocycles. The molecule has 2 aromatic carbocycles. The SMILES string of the molecule is CC(C)(C)OC(=O)NCCNc1ccc2cccc3c2c1C(=O)C=C3. The first-order chi connectivity index (χ1) is 11.8. The first-order valence-corrected chi connectivity index (χ1v) is 8.34. The highest BCUT2D eigenvalue weighted by Crippen LogP contribution is 2.33. The largest absolute Gasteiger partial charge is 0.444 e. The van der Waals surface area contributed by atoms with Gasteiger partial charge in [-0.15, -0.1) is 0 Å². The fourth-order valence-corrected chi connectivity index (χ4v) is 2.87. The summed E-state index contributed by atoms with van der Waals surface area (Å²) >= 11 is 0. The van der Waals surface area contributed by atoms with E-state index in [-0.39, 0.29) is 5.78 Å². The van der Waals surface area contributed by atoms with Crippen molar-refractivity contribution in [3.05, 3.63) is 47.5 Å². The number of nitrogens with one attached hydrogen (secondary N) is 2. The van der Waals surface area contributed by atoms with E-state index < -0.39 is 11.7 Å². The third-order valence-electron chi connectivity index (χ3n) is 3.85. The molecule has 0 saturated carbocycles. The molecule has 0 spiro atoms. The predicted molar refractivity (Wildman–Crippen MR) is 100 cm³/mol. The maximum atomic E-state index is 12.4. The summed E-state index contributed by atoms with van der Waals surface area (Å²) in [6.45, 7) is 6.36. The van der Waals surface area contributed by atoms with Gasteiger partial charge in [-0.3, -0.25) is 4.79 Å². The number of ether oxygens (including phenoxy) is 1. The van der Waals surface area contributed by atoms with E-state index in [9.17, 15) is 9.59 Å². The molecular formula is C20H22N2O3. The Labute approximate surface area is 147 Å². The van der Waals surface area contributed by atoms with Crippen LogP contribution in [0.1, 0.15) is 36.7 Å². The molecule has 3 rings (SSSR count). The number of hydrogen-bond acceptors (Lipinski definition) is 4. The number of alkyl carbamates (subject to hydrolysis) is 1. The van der Waals surface area contributed by atoms with Crippen LogP contribution in [0.2, 0.25) is 0 Å². The lowest BCUT2D eigenvalue weighted by Crippen LogP contribution is -2.35. The summed E-state index contributed by atoms with van der Waals surface area (Å²) in [7, 11) is 0. The molecule has 130 valence electrons. The third kappa shape index (κ3) is 3.82. The van der Waals surface area contributed by atoms with Crippen LogP contribution in [-0.2, 0) is 4.74 Å². The number of ketones is 1. The average molecular weight is 338 g/mol. The number of anilines is 1. The van der Waals surface area contributed by atoms with Crippen molar-refractivity contribution in [1.29, 1.82) is 0 Å². The number of amides is 1. The summed E-state index contributed by atoms with van der Waals surface area (Å²) in [4.78, 5) is 24.0. The average Bonchev–Trinajstić information content (AvgIpc) is 2.54. The van der Waals surface area contributed by atoms with Crippen LogP contribution in [0, 0.1) is 0 Å². The van der Waals surface area contributed by atoms with Gasteiger partial charge in [0.15, 0.2) is 5.78 Å². The zero-order chi connectivity index (χ0) is 18.0. The summed E-state index contributed by atoms with van der Waals surface area (Å²) in [5.74, 6) is -0.00750. The van der Waals surface area contributed by atoms with E-state index in [4.69, 9.17) is 4.74 Å². The Morgan fingerprint density at radius 1 is 1.08 bits per heavy atom. The predicted octanol–water partition coefficient (Wildman–Crippen LogP) is 3.99. The quantitative estimate of drug-likeness (QED) is 0.827. The van der Waals surface area contributed by atoms with Gasteiger partial charge in [0.05, 0.1) is 5.56 Å². The lowest BCUT2D eigenvalue weighted by atomic mass is 9.91. The maximum Gasteiger partial charge on any atom is 0.407 e. The normalized spacial score (nSPS) is 13.0. The van der Waals surface area contributed by atoms with Crippen molar-refractivity contribution in [2.24, 2.45) is 0 Å². The van der Waals surface area contributed by atoms with E-state index in [1.54, 1.807) is 6.08 Å². The number of carbonyl (C=O) groups excluding carboxylic acids is 2. The summed E-state index contributed by atoms with van der Waals surface area (Å²) in [6, 6.07) is 9.90. The van der Waals surface area contributed by atoms with Gasteiger partial charge in [-0.25, -0.2) is 4.79 Å². The molecule has 0 radical (unpaired) electrons. The van der Waals surface area contributed by atoms with Crippen molar-refractivity contribution >= 4 is 34.4 Å². The van der Waals surface area contributed by atoms with Gasteiger partial charge < -0.3 is 15.4 Å². The van der Waals surface area contributed by atoms with E-state index in [0.29, 0.717) is 18.7 Å². The molecule has 0 bridgehead atoms. The van der Waals surface area contributed by atoms with Gasteiger partial charge >= 0.3 is 6.09 Å². The van der Waals surface area contributed by atoms with Crippen molar-refractivity contribution in [2.45, 2.75) is 26.4 Å². The number of allylic oxidation sites excluding steroid dienone is 1. The van der Waals surface area contributed by atoms with Crippen molar-refractivity contribution in [2.75, 3.05) is 18.4 Å². The molecule has 1 aliphatic rings. The molecule has 1 amide bonds. The minimum absolute atomic E-state index is 0.00750. The molecule has 0 heterocycles. The van der Waals surface area contributed by atoms with Crippen LogP contribution >= 0.6 is 0 Å². The van der Waals surface area contributed by atoms with Crippen LogP contribution in [0.3, 0.4) is 0 Å². The number of carbonyl (C=O) groups is 2. The van der Waals surface area contributed by atoms with E-state index in [1.165, 1.54) is 0 Å². The molecule has 0 fully saturated rings. The second-order valence-electron chi connectivity index (χ2n) is 6.99. The molecule has 1 aliphatic carbocycles. The van der Waals surface area contributed by atoms with Gasteiger partial charge in [0.25, 0.3) is 0 Å². The van der Waals surface area contributed by atoms with Gasteiger partial charge in [-0.2, -0.15) is 0 Å². The maximum absolute atomic E-state index is 12.4. The fourth-order valence-electron chi connectivity index (χ4n) is 2.87. The highest BCUT2D eigenvalue weighted by Gasteiger charge is 2.19. The third-order valence-corrected chi connectivity index (χ3v) is 3.85. The van der Waals surface area contributed by atoms with Gasteiger partial charge in [0.2, 0.25) is 0 Å². The minimum atomic E-state index is -0.519. The second kappa shape index (κ2) is 6.59. The van der Waals surface area contributed by atoms with Gasteiger partial charge in [-0.1, -0.05) is 30.3 Å². The van der Waals surface area contributed by atoms with Gasteiger partial charge in [0.1, 0.15) is 5.60 Å². The molecule has 25 heavy (non-hydrogen) atoms. The molecule has 5 heteroatoms. The Kier molecular flexibility index (Phi) is 4.49. The number of hydrogen-bond donors (Lipinski definition) is 2.